The first-order chi connectivity index (χ1) is 8.36. The highest BCUT2D eigenvalue weighted by Crippen LogP contribution is 2.26. The van der Waals surface area contributed by atoms with Crippen LogP contribution in [0, 0.1) is 5.92 Å². The summed E-state index contributed by atoms with van der Waals surface area (Å²) in [6.45, 7) is 0. The smallest absolute Gasteiger partial charge is 0.345 e. The van der Waals surface area contributed by atoms with Crippen LogP contribution >= 0.6 is 11.6 Å². The highest BCUT2D eigenvalue weighted by molar-refractivity contribution is 6.28. The highest BCUT2D eigenvalue weighted by atomic mass is 35.5. The van der Waals surface area contributed by atoms with Crippen LogP contribution in [0.4, 0.5) is 13.2 Å². The lowest BCUT2D eigenvalue weighted by molar-refractivity contribution is -0.174. The first-order valence-electron chi connectivity index (χ1n) is 5.82. The molecule has 0 aliphatic heterocycles. The Hall–Kier alpha value is -0.780. The Labute approximate surface area is 108 Å². The number of carbonyl (C=O) groups is 2. The number of alkyl halides is 4. The maximum absolute atomic E-state index is 12.2. The van der Waals surface area contributed by atoms with Crippen LogP contribution in [0.1, 0.15) is 32.1 Å². The van der Waals surface area contributed by atoms with Gasteiger partial charge in [0.05, 0.1) is 5.88 Å². The third-order valence-corrected chi connectivity index (χ3v) is 3.40. The minimum Gasteiger partial charge on any atom is -0.345 e. The summed E-state index contributed by atoms with van der Waals surface area (Å²) in [5.41, 5.74) is 0. The van der Waals surface area contributed by atoms with Crippen LogP contribution < -0.4 is 5.32 Å². The quantitative estimate of drug-likeness (QED) is 0.639. The number of carbonyl (C=O) groups excluding carboxylic acids is 2. The van der Waals surface area contributed by atoms with Crippen molar-refractivity contribution in [3.8, 4) is 0 Å². The van der Waals surface area contributed by atoms with E-state index in [0.717, 1.165) is 12.8 Å². The fraction of sp³-hybridized carbons (Fsp3) is 0.818. The molecule has 0 aromatic rings. The van der Waals surface area contributed by atoms with Gasteiger partial charge in [-0.15, -0.1) is 11.6 Å². The van der Waals surface area contributed by atoms with Crippen molar-refractivity contribution in [3.63, 3.8) is 0 Å². The molecule has 7 heteroatoms. The number of amides is 1. The monoisotopic (exact) mass is 285 g/mol. The number of nitrogens with one attached hydrogen (secondary N) is 1. The average Bonchev–Trinajstić information content (AvgIpc) is 2.52. The van der Waals surface area contributed by atoms with Crippen LogP contribution in [0.5, 0.6) is 0 Å². The van der Waals surface area contributed by atoms with Crippen LogP contribution in [0.15, 0.2) is 0 Å². The second-order valence-corrected chi connectivity index (χ2v) is 4.69. The molecule has 2 unspecified atom stereocenters. The first-order valence-corrected chi connectivity index (χ1v) is 6.36. The van der Waals surface area contributed by atoms with Crippen molar-refractivity contribution in [3.05, 3.63) is 0 Å². The zero-order valence-electron chi connectivity index (χ0n) is 9.73. The van der Waals surface area contributed by atoms with Crippen LogP contribution in [-0.4, -0.2) is 29.8 Å². The Kier molecular flexibility index (Phi) is 5.44. The lowest BCUT2D eigenvalue weighted by Crippen LogP contribution is -2.48. The van der Waals surface area contributed by atoms with Gasteiger partial charge >= 0.3 is 12.1 Å². The van der Waals surface area contributed by atoms with E-state index in [4.69, 9.17) is 11.6 Å². The summed E-state index contributed by atoms with van der Waals surface area (Å²) in [5, 5.41) is 1.92. The molecule has 2 atom stereocenters. The van der Waals surface area contributed by atoms with Crippen LogP contribution in [-0.2, 0) is 9.59 Å². The largest absolute Gasteiger partial charge is 0.471 e. The number of hydrogen-bond acceptors (Lipinski definition) is 2. The summed E-state index contributed by atoms with van der Waals surface area (Å²) in [4.78, 5) is 22.5. The molecule has 1 fully saturated rings. The van der Waals surface area contributed by atoms with Gasteiger partial charge in [0, 0.05) is 12.0 Å². The fourth-order valence-electron chi connectivity index (χ4n) is 2.22. The van der Waals surface area contributed by atoms with Crippen LogP contribution in [0.2, 0.25) is 0 Å². The third kappa shape index (κ3) is 4.15. The van der Waals surface area contributed by atoms with Gasteiger partial charge in [-0.1, -0.05) is 19.3 Å². The molecule has 104 valence electrons. The molecule has 0 aromatic heterocycles. The lowest BCUT2D eigenvalue weighted by Gasteiger charge is -2.25. The molecule has 1 aliphatic rings. The standard InChI is InChI=1S/C11H15ClF3NO2/c12-6-9(17)7-4-2-1-3-5-8(7)16-10(18)11(13,14)15/h7-8H,1-6H2,(H,16,18). The zero-order chi connectivity index (χ0) is 13.8. The van der Waals surface area contributed by atoms with Gasteiger partial charge in [-0.3, -0.25) is 9.59 Å². The zero-order valence-corrected chi connectivity index (χ0v) is 10.5. The van der Waals surface area contributed by atoms with Gasteiger partial charge < -0.3 is 5.32 Å². The van der Waals surface area contributed by atoms with E-state index in [1.807, 2.05) is 5.32 Å². The minimum atomic E-state index is -4.92. The highest BCUT2D eigenvalue weighted by Gasteiger charge is 2.41. The fourth-order valence-corrected chi connectivity index (χ4v) is 2.41. The molecule has 1 saturated carbocycles. The summed E-state index contributed by atoms with van der Waals surface area (Å²) in [7, 11) is 0. The van der Waals surface area contributed by atoms with Gasteiger partial charge in [-0.25, -0.2) is 0 Å². The summed E-state index contributed by atoms with van der Waals surface area (Å²) >= 11 is 5.45. The molecule has 0 bridgehead atoms. The van der Waals surface area contributed by atoms with Gasteiger partial charge in [0.15, 0.2) is 5.78 Å². The van der Waals surface area contributed by atoms with Crippen molar-refractivity contribution in [1.29, 1.82) is 0 Å². The summed E-state index contributed by atoms with van der Waals surface area (Å²) in [6.07, 6.45) is -1.73. The SMILES string of the molecule is O=C(CCl)C1CCCCCC1NC(=O)C(F)(F)F. The molecule has 3 nitrogen and oxygen atoms in total. The molecular formula is C11H15ClF3NO2. The molecule has 1 rings (SSSR count). The van der Waals surface area contributed by atoms with Crippen molar-refractivity contribution < 1.29 is 22.8 Å². The summed E-state index contributed by atoms with van der Waals surface area (Å²) < 4.78 is 36.6. The van der Waals surface area contributed by atoms with Crippen LogP contribution in [0.25, 0.3) is 0 Å². The maximum atomic E-state index is 12.2. The van der Waals surface area contributed by atoms with Crippen molar-refractivity contribution >= 4 is 23.3 Å². The van der Waals surface area contributed by atoms with Gasteiger partial charge in [-0.05, 0) is 12.8 Å². The second kappa shape index (κ2) is 6.41. The lowest BCUT2D eigenvalue weighted by atomic mass is 9.91. The second-order valence-electron chi connectivity index (χ2n) is 4.42. The Morgan fingerprint density at radius 1 is 1.17 bits per heavy atom. The Morgan fingerprint density at radius 3 is 2.33 bits per heavy atom. The summed E-state index contributed by atoms with van der Waals surface area (Å²) in [6, 6.07) is -0.757. The molecule has 0 saturated heterocycles. The van der Waals surface area contributed by atoms with E-state index < -0.39 is 24.0 Å². The van der Waals surface area contributed by atoms with E-state index in [9.17, 15) is 22.8 Å². The topological polar surface area (TPSA) is 46.2 Å². The molecule has 1 amide bonds. The predicted molar refractivity (Wildman–Crippen MR) is 60.3 cm³/mol. The number of rotatable bonds is 3. The molecule has 0 radical (unpaired) electrons. The van der Waals surface area contributed by atoms with Gasteiger partial charge in [-0.2, -0.15) is 13.2 Å². The third-order valence-electron chi connectivity index (χ3n) is 3.14. The van der Waals surface area contributed by atoms with E-state index >= 15 is 0 Å². The number of hydrogen-bond donors (Lipinski definition) is 1. The molecule has 0 spiro atoms. The van der Waals surface area contributed by atoms with E-state index in [-0.39, 0.29) is 11.7 Å². The van der Waals surface area contributed by atoms with Crippen LogP contribution in [0.3, 0.4) is 0 Å². The van der Waals surface area contributed by atoms with Crippen molar-refractivity contribution in [2.24, 2.45) is 5.92 Å². The molecular weight excluding hydrogens is 271 g/mol. The van der Waals surface area contributed by atoms with E-state index in [2.05, 4.69) is 0 Å². The molecule has 1 N–H and O–H groups in total. The average molecular weight is 286 g/mol. The Bertz CT molecular complexity index is 320. The molecule has 0 heterocycles. The van der Waals surface area contributed by atoms with Gasteiger partial charge in [0.1, 0.15) is 0 Å². The summed E-state index contributed by atoms with van der Waals surface area (Å²) in [5.74, 6) is -3.12. The minimum absolute atomic E-state index is 0.233. The van der Waals surface area contributed by atoms with Gasteiger partial charge in [0.2, 0.25) is 0 Å². The molecule has 18 heavy (non-hydrogen) atoms. The normalized spacial score (nSPS) is 25.3. The van der Waals surface area contributed by atoms with E-state index in [0.29, 0.717) is 19.3 Å². The molecule has 1 aliphatic carbocycles. The van der Waals surface area contributed by atoms with Crippen molar-refractivity contribution in [2.45, 2.75) is 44.3 Å². The maximum Gasteiger partial charge on any atom is 0.471 e. The number of halogens is 4. The van der Waals surface area contributed by atoms with Gasteiger partial charge in [0.25, 0.3) is 0 Å². The predicted octanol–water partition coefficient (Wildman–Crippen LogP) is 2.42. The Balaban J connectivity index is 2.74. The van der Waals surface area contributed by atoms with Crippen molar-refractivity contribution in [1.82, 2.24) is 5.32 Å². The number of ketones is 1. The van der Waals surface area contributed by atoms with Crippen molar-refractivity contribution in [2.75, 3.05) is 5.88 Å². The Morgan fingerprint density at radius 2 is 1.78 bits per heavy atom. The van der Waals surface area contributed by atoms with E-state index in [1.165, 1.54) is 0 Å². The first kappa shape index (κ1) is 15.3. The number of Topliss-reactive ketones (excluding diaryl/α,β-unsaturated/α-hetero) is 1. The van der Waals surface area contributed by atoms with E-state index in [1.54, 1.807) is 0 Å². The molecule has 0 aromatic carbocycles.